The van der Waals surface area contributed by atoms with E-state index >= 15 is 0 Å². The second-order valence-corrected chi connectivity index (χ2v) is 10.4. The number of fused-ring (bicyclic) bond motifs is 1. The van der Waals surface area contributed by atoms with Crippen molar-refractivity contribution in [3.8, 4) is 0 Å². The van der Waals surface area contributed by atoms with Crippen LogP contribution >= 0.6 is 11.8 Å². The van der Waals surface area contributed by atoms with Gasteiger partial charge in [-0.05, 0) is 61.7 Å². The number of thioether (sulfide) groups is 1. The first kappa shape index (κ1) is 24.5. The number of benzene rings is 2. The molecule has 1 amide bonds. The van der Waals surface area contributed by atoms with Crippen molar-refractivity contribution in [3.63, 3.8) is 0 Å². The molecule has 3 heterocycles. The molecule has 0 bridgehead atoms. The fourth-order valence-electron chi connectivity index (χ4n) is 4.76. The fraction of sp³-hybridized carbons (Fsp3) is 0.345. The Labute approximate surface area is 217 Å². The van der Waals surface area contributed by atoms with Crippen LogP contribution in [-0.2, 0) is 12.3 Å². The van der Waals surface area contributed by atoms with Gasteiger partial charge in [0.25, 0.3) is 5.91 Å². The van der Waals surface area contributed by atoms with Gasteiger partial charge in [0, 0.05) is 36.6 Å². The van der Waals surface area contributed by atoms with Gasteiger partial charge < -0.3 is 5.32 Å². The molecular formula is C29H33N5OS. The first-order valence-electron chi connectivity index (χ1n) is 12.8. The van der Waals surface area contributed by atoms with Gasteiger partial charge in [0.15, 0.2) is 10.8 Å². The molecule has 1 aliphatic rings. The standard InChI is InChI=1S/C29H33N5OS/c1-22-8-5-6-18-33(22)19-17-31-28(35)25-14-12-23(13-15-25)20-34-27-26(11-7-16-30-27)32-29(34)36-21-24-9-3-2-4-10-24/h2-4,7,9-16,22H,5-6,8,17-21H2,1H3,(H,31,35)/t22-/m0/s1. The van der Waals surface area contributed by atoms with Crippen LogP contribution in [0.5, 0.6) is 0 Å². The van der Waals surface area contributed by atoms with Gasteiger partial charge in [-0.25, -0.2) is 9.97 Å². The Morgan fingerprint density at radius 3 is 2.67 bits per heavy atom. The zero-order valence-electron chi connectivity index (χ0n) is 20.8. The summed E-state index contributed by atoms with van der Waals surface area (Å²) in [6.07, 6.45) is 5.64. The predicted octanol–water partition coefficient (Wildman–Crippen LogP) is 5.38. The number of hydrogen-bond acceptors (Lipinski definition) is 5. The molecule has 2 aromatic carbocycles. The molecule has 1 aliphatic heterocycles. The molecule has 0 spiro atoms. The van der Waals surface area contributed by atoms with Crippen LogP contribution in [0.3, 0.4) is 0 Å². The summed E-state index contributed by atoms with van der Waals surface area (Å²) >= 11 is 1.72. The van der Waals surface area contributed by atoms with Crippen LogP contribution in [-0.4, -0.2) is 51.0 Å². The molecule has 2 aromatic heterocycles. The third kappa shape index (κ3) is 5.97. The van der Waals surface area contributed by atoms with E-state index in [1.54, 1.807) is 11.8 Å². The molecule has 5 rings (SSSR count). The van der Waals surface area contributed by atoms with Crippen molar-refractivity contribution < 1.29 is 4.79 Å². The Morgan fingerprint density at radius 1 is 1.03 bits per heavy atom. The number of rotatable bonds is 9. The summed E-state index contributed by atoms with van der Waals surface area (Å²) in [5.74, 6) is 0.833. The highest BCUT2D eigenvalue weighted by Gasteiger charge is 2.18. The summed E-state index contributed by atoms with van der Waals surface area (Å²) in [4.78, 5) is 24.6. The van der Waals surface area contributed by atoms with Crippen LogP contribution in [0.15, 0.2) is 78.1 Å². The molecule has 36 heavy (non-hydrogen) atoms. The highest BCUT2D eigenvalue weighted by molar-refractivity contribution is 7.98. The van der Waals surface area contributed by atoms with Crippen LogP contribution < -0.4 is 5.32 Å². The average Bonchev–Trinajstić information content (AvgIpc) is 3.26. The largest absolute Gasteiger partial charge is 0.351 e. The summed E-state index contributed by atoms with van der Waals surface area (Å²) < 4.78 is 2.16. The van der Waals surface area contributed by atoms with Gasteiger partial charge in [0.05, 0.1) is 6.54 Å². The third-order valence-electron chi connectivity index (χ3n) is 6.86. The maximum Gasteiger partial charge on any atom is 0.251 e. The van der Waals surface area contributed by atoms with Crippen molar-refractivity contribution in [2.24, 2.45) is 0 Å². The smallest absolute Gasteiger partial charge is 0.251 e. The molecule has 7 heteroatoms. The lowest BCUT2D eigenvalue weighted by Gasteiger charge is -2.33. The lowest BCUT2D eigenvalue weighted by molar-refractivity contribution is 0.0938. The van der Waals surface area contributed by atoms with Gasteiger partial charge in [0.1, 0.15) is 5.52 Å². The number of amides is 1. The van der Waals surface area contributed by atoms with E-state index in [1.165, 1.54) is 24.8 Å². The molecule has 1 fully saturated rings. The second kappa shape index (κ2) is 11.7. The summed E-state index contributed by atoms with van der Waals surface area (Å²) in [7, 11) is 0. The number of aromatic nitrogens is 3. The minimum Gasteiger partial charge on any atom is -0.351 e. The lowest BCUT2D eigenvalue weighted by atomic mass is 10.0. The van der Waals surface area contributed by atoms with Crippen LogP contribution in [0.25, 0.3) is 11.2 Å². The van der Waals surface area contributed by atoms with E-state index in [-0.39, 0.29) is 5.91 Å². The molecular weight excluding hydrogens is 466 g/mol. The van der Waals surface area contributed by atoms with E-state index in [1.807, 2.05) is 48.7 Å². The quantitative estimate of drug-likeness (QED) is 0.314. The van der Waals surface area contributed by atoms with Gasteiger partial charge >= 0.3 is 0 Å². The van der Waals surface area contributed by atoms with Gasteiger partial charge in [-0.2, -0.15) is 0 Å². The van der Waals surface area contributed by atoms with Crippen LogP contribution in [0.1, 0.15) is 47.7 Å². The van der Waals surface area contributed by atoms with Crippen molar-refractivity contribution in [1.82, 2.24) is 24.8 Å². The van der Waals surface area contributed by atoms with E-state index in [0.29, 0.717) is 24.7 Å². The molecule has 4 aromatic rings. The Kier molecular flexibility index (Phi) is 7.98. The van der Waals surface area contributed by atoms with Gasteiger partial charge in [0.2, 0.25) is 0 Å². The first-order valence-corrected chi connectivity index (χ1v) is 13.7. The number of hydrogen-bond donors (Lipinski definition) is 1. The molecule has 6 nitrogen and oxygen atoms in total. The Hall–Kier alpha value is -3.16. The third-order valence-corrected chi connectivity index (χ3v) is 7.91. The van der Waals surface area contributed by atoms with Gasteiger partial charge in [-0.1, -0.05) is 60.6 Å². The number of piperidine rings is 1. The van der Waals surface area contributed by atoms with Crippen molar-refractivity contribution >= 4 is 28.8 Å². The highest BCUT2D eigenvalue weighted by Crippen LogP contribution is 2.27. The number of likely N-dealkylation sites (tertiary alicyclic amines) is 1. The summed E-state index contributed by atoms with van der Waals surface area (Å²) in [6.45, 7) is 5.66. The van der Waals surface area contributed by atoms with E-state index < -0.39 is 0 Å². The topological polar surface area (TPSA) is 63.1 Å². The van der Waals surface area contributed by atoms with Crippen LogP contribution in [0.2, 0.25) is 0 Å². The van der Waals surface area contributed by atoms with Crippen LogP contribution in [0.4, 0.5) is 0 Å². The highest BCUT2D eigenvalue weighted by atomic mass is 32.2. The average molecular weight is 500 g/mol. The zero-order chi connectivity index (χ0) is 24.7. The predicted molar refractivity (Wildman–Crippen MR) is 146 cm³/mol. The molecule has 0 unspecified atom stereocenters. The minimum atomic E-state index is -0.0138. The molecule has 186 valence electrons. The molecule has 1 N–H and O–H groups in total. The SMILES string of the molecule is C[C@H]1CCCCN1CCNC(=O)c1ccc(Cn2c(SCc3ccccc3)nc3cccnc32)cc1. The lowest BCUT2D eigenvalue weighted by Crippen LogP contribution is -2.42. The molecule has 1 atom stereocenters. The van der Waals surface area contributed by atoms with E-state index in [0.717, 1.165) is 40.7 Å². The van der Waals surface area contributed by atoms with Gasteiger partial charge in [-0.3, -0.25) is 14.3 Å². The van der Waals surface area contributed by atoms with Crippen molar-refractivity contribution in [2.45, 2.75) is 49.7 Å². The maximum absolute atomic E-state index is 12.7. The summed E-state index contributed by atoms with van der Waals surface area (Å²) in [6, 6.07) is 22.8. The molecule has 0 saturated carbocycles. The Morgan fingerprint density at radius 2 is 1.86 bits per heavy atom. The van der Waals surface area contributed by atoms with E-state index in [9.17, 15) is 4.79 Å². The molecule has 1 saturated heterocycles. The second-order valence-electron chi connectivity index (χ2n) is 9.43. The fourth-order valence-corrected chi connectivity index (χ4v) is 5.72. The minimum absolute atomic E-state index is 0.0138. The molecule has 0 radical (unpaired) electrons. The maximum atomic E-state index is 12.7. The van der Waals surface area contributed by atoms with E-state index in [2.05, 4.69) is 51.0 Å². The number of nitrogens with one attached hydrogen (secondary N) is 1. The number of carbonyl (C=O) groups is 1. The van der Waals surface area contributed by atoms with Crippen molar-refractivity contribution in [1.29, 1.82) is 0 Å². The normalized spacial score (nSPS) is 16.3. The summed E-state index contributed by atoms with van der Waals surface area (Å²) in [5.41, 5.74) is 4.84. The number of carbonyl (C=O) groups excluding carboxylic acids is 1. The number of imidazole rings is 1. The first-order chi connectivity index (χ1) is 17.7. The number of pyridine rings is 1. The zero-order valence-corrected chi connectivity index (χ0v) is 21.6. The number of nitrogens with zero attached hydrogens (tertiary/aromatic N) is 4. The molecule has 0 aliphatic carbocycles. The van der Waals surface area contributed by atoms with Crippen LogP contribution in [0, 0.1) is 0 Å². The Bertz CT molecular complexity index is 1290. The van der Waals surface area contributed by atoms with Gasteiger partial charge in [-0.15, -0.1) is 0 Å². The Balaban J connectivity index is 1.23. The van der Waals surface area contributed by atoms with Crippen molar-refractivity contribution in [2.75, 3.05) is 19.6 Å². The monoisotopic (exact) mass is 499 g/mol. The summed E-state index contributed by atoms with van der Waals surface area (Å²) in [5, 5.41) is 4.03. The van der Waals surface area contributed by atoms with Crippen molar-refractivity contribution in [3.05, 3.63) is 89.6 Å². The van der Waals surface area contributed by atoms with E-state index in [4.69, 9.17) is 4.98 Å².